The minimum Gasteiger partial charge on any atom is -0.462 e. The lowest BCUT2D eigenvalue weighted by molar-refractivity contribution is -0.870. The molecule has 0 saturated heterocycles. The van der Waals surface area contributed by atoms with Crippen LogP contribution in [0.5, 0.6) is 0 Å². The zero-order valence-electron chi connectivity index (χ0n) is 38.4. The number of unbranched alkanes of at least 4 members (excludes halogenated alkanes) is 10. The van der Waals surface area contributed by atoms with Crippen molar-refractivity contribution in [2.24, 2.45) is 0 Å². The summed E-state index contributed by atoms with van der Waals surface area (Å²) in [5, 5.41) is 0. The lowest BCUT2D eigenvalue weighted by Gasteiger charge is -2.24. The molecular weight excluding hydrogens is 774 g/mol. The maximum atomic E-state index is 12.7. The highest BCUT2D eigenvalue weighted by atomic mass is 31.2. The van der Waals surface area contributed by atoms with Gasteiger partial charge in [-0.2, -0.15) is 0 Å². The number of hydrogen-bond acceptors (Lipinski definition) is 7. The van der Waals surface area contributed by atoms with Crippen molar-refractivity contribution < 1.29 is 42.1 Å². The molecule has 0 heterocycles. The molecule has 1 N–H and O–H groups in total. The number of rotatable bonds is 40. The predicted molar refractivity (Wildman–Crippen MR) is 252 cm³/mol. The summed E-state index contributed by atoms with van der Waals surface area (Å²) in [7, 11) is 1.42. The minimum atomic E-state index is -4.40. The summed E-state index contributed by atoms with van der Waals surface area (Å²) in [5.41, 5.74) is 0. The van der Waals surface area contributed by atoms with Crippen LogP contribution in [-0.2, 0) is 32.7 Å². The Morgan fingerprint density at radius 3 is 1.37 bits per heavy atom. The fourth-order valence-corrected chi connectivity index (χ4v) is 6.20. The second-order valence-electron chi connectivity index (χ2n) is 16.1. The molecule has 0 aliphatic carbocycles. The van der Waals surface area contributed by atoms with Gasteiger partial charge in [0.1, 0.15) is 19.8 Å². The van der Waals surface area contributed by atoms with Crippen molar-refractivity contribution in [3.63, 3.8) is 0 Å². The molecule has 2 atom stereocenters. The van der Waals surface area contributed by atoms with Crippen molar-refractivity contribution >= 4 is 19.8 Å². The topological polar surface area (TPSA) is 108 Å². The largest absolute Gasteiger partial charge is 0.472 e. The summed E-state index contributed by atoms with van der Waals surface area (Å²) >= 11 is 0. The first kappa shape index (κ1) is 56.9. The number of esters is 2. The number of phosphoric acid groups is 1. The molecule has 0 saturated carbocycles. The highest BCUT2D eigenvalue weighted by Gasteiger charge is 2.27. The first-order chi connectivity index (χ1) is 29.0. The van der Waals surface area contributed by atoms with Gasteiger partial charge >= 0.3 is 19.8 Å². The van der Waals surface area contributed by atoms with Crippen LogP contribution in [0, 0.1) is 0 Å². The fraction of sp³-hybridized carbons (Fsp3) is 0.640. The smallest absolute Gasteiger partial charge is 0.462 e. The fourth-order valence-electron chi connectivity index (χ4n) is 5.46. The van der Waals surface area contributed by atoms with Gasteiger partial charge in [-0.25, -0.2) is 4.57 Å². The Balaban J connectivity index is 4.48. The molecule has 60 heavy (non-hydrogen) atoms. The van der Waals surface area contributed by atoms with Crippen molar-refractivity contribution in [1.82, 2.24) is 0 Å². The zero-order valence-corrected chi connectivity index (χ0v) is 39.3. The van der Waals surface area contributed by atoms with Gasteiger partial charge in [-0.1, -0.05) is 143 Å². The Morgan fingerprint density at radius 2 is 0.933 bits per heavy atom. The van der Waals surface area contributed by atoms with Gasteiger partial charge < -0.3 is 18.9 Å². The molecule has 0 rings (SSSR count). The molecule has 1 unspecified atom stereocenters. The molecule has 0 bridgehead atoms. The number of nitrogens with zero attached hydrogens (tertiary/aromatic N) is 1. The zero-order chi connectivity index (χ0) is 44.3. The van der Waals surface area contributed by atoms with Crippen molar-refractivity contribution in [2.75, 3.05) is 47.5 Å². The van der Waals surface area contributed by atoms with Crippen LogP contribution in [0.2, 0.25) is 0 Å². The number of carbonyl (C=O) groups excluding carboxylic acids is 2. The molecule has 0 aromatic heterocycles. The van der Waals surface area contributed by atoms with E-state index in [9.17, 15) is 19.0 Å². The van der Waals surface area contributed by atoms with Gasteiger partial charge in [-0.05, 0) is 96.3 Å². The summed E-state index contributed by atoms with van der Waals surface area (Å²) in [4.78, 5) is 35.4. The van der Waals surface area contributed by atoms with Crippen LogP contribution in [0.15, 0.2) is 97.2 Å². The van der Waals surface area contributed by atoms with Crippen LogP contribution < -0.4 is 0 Å². The average Bonchev–Trinajstić information content (AvgIpc) is 3.20. The van der Waals surface area contributed by atoms with E-state index in [1.165, 1.54) is 32.1 Å². The van der Waals surface area contributed by atoms with Crippen LogP contribution in [-0.4, -0.2) is 74.9 Å². The molecule has 0 fully saturated rings. The van der Waals surface area contributed by atoms with Gasteiger partial charge in [-0.15, -0.1) is 0 Å². The van der Waals surface area contributed by atoms with Crippen molar-refractivity contribution in [3.05, 3.63) is 97.2 Å². The van der Waals surface area contributed by atoms with Crippen molar-refractivity contribution in [1.29, 1.82) is 0 Å². The van der Waals surface area contributed by atoms with E-state index in [0.29, 0.717) is 23.9 Å². The molecule has 0 spiro atoms. The van der Waals surface area contributed by atoms with Crippen LogP contribution >= 0.6 is 7.82 Å². The Morgan fingerprint density at radius 1 is 0.517 bits per heavy atom. The lowest BCUT2D eigenvalue weighted by Crippen LogP contribution is -2.37. The third kappa shape index (κ3) is 44.5. The number of hydrogen-bond donors (Lipinski definition) is 1. The number of carbonyl (C=O) groups is 2. The van der Waals surface area contributed by atoms with Crippen molar-refractivity contribution in [2.45, 2.75) is 161 Å². The molecule has 0 radical (unpaired) electrons. The van der Waals surface area contributed by atoms with E-state index in [1.807, 2.05) is 21.1 Å². The maximum absolute atomic E-state index is 12.7. The summed E-state index contributed by atoms with van der Waals surface area (Å²) in [6.07, 6.45) is 54.5. The second-order valence-corrected chi connectivity index (χ2v) is 17.5. The second kappa shape index (κ2) is 41.3. The Kier molecular flexibility index (Phi) is 39.2. The summed E-state index contributed by atoms with van der Waals surface area (Å²) < 4.78 is 34.3. The maximum Gasteiger partial charge on any atom is 0.472 e. The number of allylic oxidation sites excluding steroid dienone is 16. The van der Waals surface area contributed by atoms with Gasteiger partial charge in [-0.3, -0.25) is 18.6 Å². The van der Waals surface area contributed by atoms with Crippen LogP contribution in [0.3, 0.4) is 0 Å². The van der Waals surface area contributed by atoms with Gasteiger partial charge in [0.2, 0.25) is 0 Å². The Bertz CT molecular complexity index is 1340. The van der Waals surface area contributed by atoms with E-state index < -0.39 is 32.5 Å². The molecule has 0 amide bonds. The third-order valence-electron chi connectivity index (χ3n) is 9.07. The quantitative estimate of drug-likeness (QED) is 0.0213. The first-order valence-corrected chi connectivity index (χ1v) is 24.5. The lowest BCUT2D eigenvalue weighted by atomic mass is 10.1. The molecule has 10 heteroatoms. The third-order valence-corrected chi connectivity index (χ3v) is 10.1. The van der Waals surface area contributed by atoms with Crippen LogP contribution in [0.1, 0.15) is 155 Å². The van der Waals surface area contributed by atoms with Crippen LogP contribution in [0.4, 0.5) is 0 Å². The highest BCUT2D eigenvalue weighted by Crippen LogP contribution is 2.43. The first-order valence-electron chi connectivity index (χ1n) is 23.0. The van der Waals surface area contributed by atoms with Gasteiger partial charge in [0.05, 0.1) is 27.7 Å². The number of phosphoric ester groups is 1. The number of ether oxygens (including phenoxy) is 2. The SMILES string of the molecule is CCC/C=C/C/C=C/C/C=C/C/C=C/CCCCCC(=O)O[C@H](COC(=O)CCCCC/C=C/C/C=C/C/C=C/C/C=C/CCCCC)COP(=O)(O)OCC[N+](C)(C)C. The normalized spacial score (nSPS) is 14.4. The summed E-state index contributed by atoms with van der Waals surface area (Å²) in [5.74, 6) is -0.881. The molecule has 9 nitrogen and oxygen atoms in total. The van der Waals surface area contributed by atoms with E-state index >= 15 is 0 Å². The molecule has 0 aromatic rings. The molecule has 0 aliphatic rings. The standard InChI is InChI=1S/C50H84NO8P/c1-6-8-10-12-14-16-18-20-22-24-25-27-28-30-32-34-36-38-40-42-49(52)56-46-48(47-58-60(54,55)57-45-44-51(3,4)5)59-50(53)43-41-39-37-35-33-31-29-26-23-21-19-17-15-13-11-9-7-2/h11,13-14,16-17,19-20,22-23,25-27,30-33,48H,6-10,12,15,18,21,24,28-29,34-47H2,1-5H3/p+1/b13-11+,16-14+,19-17+,22-20+,26-23+,27-25+,32-30+,33-31+/t48-/m1/s1. The highest BCUT2D eigenvalue weighted by molar-refractivity contribution is 7.47. The molecule has 0 aromatic carbocycles. The molecule has 342 valence electrons. The summed E-state index contributed by atoms with van der Waals surface area (Å²) in [6.45, 7) is 4.22. The van der Waals surface area contributed by atoms with Gasteiger partial charge in [0.15, 0.2) is 6.10 Å². The van der Waals surface area contributed by atoms with E-state index in [-0.39, 0.29) is 26.1 Å². The number of likely N-dealkylation sites (N-methyl/N-ethyl adjacent to an activating group) is 1. The van der Waals surface area contributed by atoms with Gasteiger partial charge in [0, 0.05) is 12.8 Å². The van der Waals surface area contributed by atoms with Crippen LogP contribution in [0.25, 0.3) is 0 Å². The Labute approximate surface area is 366 Å². The average molecular weight is 859 g/mol. The van der Waals surface area contributed by atoms with E-state index in [0.717, 1.165) is 83.5 Å². The minimum absolute atomic E-state index is 0.0140. The molecule has 0 aliphatic heterocycles. The van der Waals surface area contributed by atoms with E-state index in [1.54, 1.807) is 0 Å². The molecular formula is C50H85NO8P+. The monoisotopic (exact) mass is 859 g/mol. The Hall–Kier alpha value is -3.07. The van der Waals surface area contributed by atoms with E-state index in [2.05, 4.69) is 111 Å². The predicted octanol–water partition coefficient (Wildman–Crippen LogP) is 13.4. The van der Waals surface area contributed by atoms with E-state index in [4.69, 9.17) is 18.5 Å². The number of quaternary nitrogens is 1. The van der Waals surface area contributed by atoms with Gasteiger partial charge in [0.25, 0.3) is 0 Å². The summed E-state index contributed by atoms with van der Waals surface area (Å²) in [6, 6.07) is 0. The van der Waals surface area contributed by atoms with Crippen molar-refractivity contribution in [3.8, 4) is 0 Å².